The number of benzene rings is 3. The number of ether oxygens (including phenoxy) is 4. The molecule has 0 aliphatic heterocycles. The topological polar surface area (TPSA) is 71.1 Å². The molecular weight excluding hydrogens is 432 g/mol. The molecule has 0 amide bonds. The van der Waals surface area contributed by atoms with E-state index in [1.54, 1.807) is 0 Å². The summed E-state index contributed by atoms with van der Waals surface area (Å²) in [4.78, 5) is 23.7. The second-order valence-electron chi connectivity index (χ2n) is 9.08. The zero-order valence-corrected chi connectivity index (χ0v) is 20.5. The second kappa shape index (κ2) is 12.3. The second-order valence-corrected chi connectivity index (χ2v) is 9.08. The molecule has 0 saturated carbocycles. The van der Waals surface area contributed by atoms with Gasteiger partial charge in [-0.05, 0) is 11.8 Å². The van der Waals surface area contributed by atoms with Gasteiger partial charge in [0, 0.05) is 34.4 Å². The molecule has 0 aliphatic carbocycles. The molecule has 0 spiro atoms. The molecule has 182 valence electrons. The molecule has 0 unspecified atom stereocenters. The smallest absolute Gasteiger partial charge is 0.306 e. The van der Waals surface area contributed by atoms with E-state index in [-0.39, 0.29) is 50.2 Å². The van der Waals surface area contributed by atoms with E-state index in [2.05, 4.69) is 0 Å². The van der Waals surface area contributed by atoms with Gasteiger partial charge in [0.15, 0.2) is 0 Å². The summed E-state index contributed by atoms with van der Waals surface area (Å²) >= 11 is 0. The normalized spacial score (nSPS) is 11.2. The molecule has 0 fully saturated rings. The summed E-state index contributed by atoms with van der Waals surface area (Å²) in [5.74, 6) is 1.53. The molecule has 0 heterocycles. The average molecular weight is 467 g/mol. The molecule has 0 atom stereocenters. The van der Waals surface area contributed by atoms with E-state index in [9.17, 15) is 9.59 Å². The Kier molecular flexibility index (Phi) is 9.14. The zero-order valence-electron chi connectivity index (χ0n) is 20.5. The van der Waals surface area contributed by atoms with E-state index in [4.69, 9.17) is 18.9 Å². The van der Waals surface area contributed by atoms with Crippen molar-refractivity contribution in [1.82, 2.24) is 0 Å². The summed E-state index contributed by atoms with van der Waals surface area (Å²) < 4.78 is 22.9. The highest BCUT2D eigenvalue weighted by Crippen LogP contribution is 2.42. The highest BCUT2D eigenvalue weighted by Gasteiger charge is 2.16. The predicted octanol–water partition coefficient (Wildman–Crippen LogP) is 5.93. The van der Waals surface area contributed by atoms with Gasteiger partial charge in [0.2, 0.25) is 0 Å². The summed E-state index contributed by atoms with van der Waals surface area (Å²) in [7, 11) is 0. The predicted molar refractivity (Wildman–Crippen MR) is 133 cm³/mol. The van der Waals surface area contributed by atoms with Crippen LogP contribution in [0.15, 0.2) is 48.5 Å². The Labute approximate surface area is 201 Å². The third kappa shape index (κ3) is 6.86. The maximum Gasteiger partial charge on any atom is 0.306 e. The van der Waals surface area contributed by atoms with Crippen LogP contribution in [0.2, 0.25) is 0 Å². The molecule has 0 aromatic heterocycles. The number of fused-ring (bicyclic) bond motifs is 2. The van der Waals surface area contributed by atoms with Gasteiger partial charge < -0.3 is 18.9 Å². The summed E-state index contributed by atoms with van der Waals surface area (Å²) in [6.07, 6.45) is 0.787. The van der Waals surface area contributed by atoms with Crippen LogP contribution in [0.1, 0.15) is 40.5 Å². The van der Waals surface area contributed by atoms with Crippen LogP contribution >= 0.6 is 0 Å². The molecule has 0 bridgehead atoms. The SMILES string of the molecule is CC(C)CC(=O)OCCOc1c2ccccc2c(OCCOC(=O)CC(C)C)c2ccccc12. The summed E-state index contributed by atoms with van der Waals surface area (Å²) in [5.41, 5.74) is 0. The van der Waals surface area contributed by atoms with E-state index in [0.29, 0.717) is 12.8 Å². The Bertz CT molecular complexity index is 974. The monoisotopic (exact) mass is 466 g/mol. The molecule has 0 radical (unpaired) electrons. The van der Waals surface area contributed by atoms with Crippen molar-refractivity contribution in [2.24, 2.45) is 11.8 Å². The first-order chi connectivity index (χ1) is 16.4. The number of carbonyl (C=O) groups excluding carboxylic acids is 2. The summed E-state index contributed by atoms with van der Waals surface area (Å²) in [5, 5.41) is 3.62. The number of esters is 2. The van der Waals surface area contributed by atoms with Gasteiger partial charge in [-0.1, -0.05) is 76.2 Å². The fourth-order valence-corrected chi connectivity index (χ4v) is 3.74. The van der Waals surface area contributed by atoms with E-state index in [0.717, 1.165) is 33.0 Å². The molecule has 3 rings (SSSR count). The zero-order chi connectivity index (χ0) is 24.5. The number of hydrogen-bond donors (Lipinski definition) is 0. The van der Waals surface area contributed by atoms with Crippen LogP contribution in [0.5, 0.6) is 11.5 Å². The Morgan fingerprint density at radius 2 is 0.912 bits per heavy atom. The van der Waals surface area contributed by atoms with E-state index < -0.39 is 0 Å². The van der Waals surface area contributed by atoms with Crippen molar-refractivity contribution in [3.8, 4) is 11.5 Å². The maximum atomic E-state index is 11.8. The minimum absolute atomic E-state index is 0.189. The average Bonchev–Trinajstić information content (AvgIpc) is 2.79. The van der Waals surface area contributed by atoms with Crippen molar-refractivity contribution in [1.29, 1.82) is 0 Å². The Hall–Kier alpha value is -3.28. The van der Waals surface area contributed by atoms with Crippen molar-refractivity contribution < 1.29 is 28.5 Å². The third-order valence-electron chi connectivity index (χ3n) is 5.17. The van der Waals surface area contributed by atoms with E-state index in [1.807, 2.05) is 76.2 Å². The number of rotatable bonds is 12. The van der Waals surface area contributed by atoms with Crippen molar-refractivity contribution in [3.05, 3.63) is 48.5 Å². The van der Waals surface area contributed by atoms with Crippen LogP contribution in [-0.4, -0.2) is 38.4 Å². The van der Waals surface area contributed by atoms with Crippen LogP contribution < -0.4 is 9.47 Å². The Morgan fingerprint density at radius 1 is 0.588 bits per heavy atom. The van der Waals surface area contributed by atoms with E-state index >= 15 is 0 Å². The quantitative estimate of drug-likeness (QED) is 0.187. The van der Waals surface area contributed by atoms with Gasteiger partial charge in [-0.15, -0.1) is 0 Å². The van der Waals surface area contributed by atoms with Crippen LogP contribution in [0.25, 0.3) is 21.5 Å². The first kappa shape index (κ1) is 25.3. The lowest BCUT2D eigenvalue weighted by Crippen LogP contribution is -2.14. The molecule has 34 heavy (non-hydrogen) atoms. The van der Waals surface area contributed by atoms with Crippen LogP contribution in [0.3, 0.4) is 0 Å². The van der Waals surface area contributed by atoms with Crippen LogP contribution in [0.4, 0.5) is 0 Å². The molecule has 0 N–H and O–H groups in total. The molecule has 6 nitrogen and oxygen atoms in total. The lowest BCUT2D eigenvalue weighted by Gasteiger charge is -2.18. The minimum Gasteiger partial charge on any atom is -0.489 e. The van der Waals surface area contributed by atoms with E-state index in [1.165, 1.54) is 0 Å². The number of hydrogen-bond acceptors (Lipinski definition) is 6. The van der Waals surface area contributed by atoms with Crippen molar-refractivity contribution >= 4 is 33.5 Å². The van der Waals surface area contributed by atoms with Gasteiger partial charge in [0.25, 0.3) is 0 Å². The highest BCUT2D eigenvalue weighted by atomic mass is 16.6. The number of carbonyl (C=O) groups is 2. The van der Waals surface area contributed by atoms with Crippen molar-refractivity contribution in [2.75, 3.05) is 26.4 Å². The van der Waals surface area contributed by atoms with Gasteiger partial charge in [0.05, 0.1) is 0 Å². The van der Waals surface area contributed by atoms with Crippen LogP contribution in [0, 0.1) is 11.8 Å². The Morgan fingerprint density at radius 3 is 1.21 bits per heavy atom. The summed E-state index contributed by atoms with van der Waals surface area (Å²) in [6.45, 7) is 8.81. The fourth-order valence-electron chi connectivity index (χ4n) is 3.74. The fraction of sp³-hybridized carbons (Fsp3) is 0.429. The van der Waals surface area contributed by atoms with Gasteiger partial charge in [-0.25, -0.2) is 0 Å². The third-order valence-corrected chi connectivity index (χ3v) is 5.17. The minimum atomic E-state index is -0.217. The first-order valence-electron chi connectivity index (χ1n) is 11.9. The molecular formula is C28H34O6. The molecule has 6 heteroatoms. The van der Waals surface area contributed by atoms with Gasteiger partial charge >= 0.3 is 11.9 Å². The molecule has 3 aromatic rings. The van der Waals surface area contributed by atoms with Crippen molar-refractivity contribution in [2.45, 2.75) is 40.5 Å². The first-order valence-corrected chi connectivity index (χ1v) is 11.9. The van der Waals surface area contributed by atoms with Gasteiger partial charge in [-0.3, -0.25) is 9.59 Å². The van der Waals surface area contributed by atoms with Crippen LogP contribution in [-0.2, 0) is 19.1 Å². The largest absolute Gasteiger partial charge is 0.489 e. The van der Waals surface area contributed by atoms with Gasteiger partial charge in [0.1, 0.15) is 37.9 Å². The summed E-state index contributed by atoms with van der Waals surface area (Å²) in [6, 6.07) is 15.7. The Balaban J connectivity index is 1.78. The lowest BCUT2D eigenvalue weighted by atomic mass is 10.0. The standard InChI is InChI=1S/C28H34O6/c1-19(2)17-25(29)31-13-15-33-27-21-9-5-7-11-23(21)28(24-12-8-6-10-22(24)27)34-16-14-32-26(30)18-20(3)4/h5-12,19-20H,13-18H2,1-4H3. The maximum absolute atomic E-state index is 11.8. The molecule has 0 aliphatic rings. The molecule has 3 aromatic carbocycles. The highest BCUT2D eigenvalue weighted by molar-refractivity contribution is 6.11. The molecule has 0 saturated heterocycles. The van der Waals surface area contributed by atoms with Gasteiger partial charge in [-0.2, -0.15) is 0 Å². The lowest BCUT2D eigenvalue weighted by molar-refractivity contribution is -0.146. The van der Waals surface area contributed by atoms with Crippen molar-refractivity contribution in [3.63, 3.8) is 0 Å².